The first-order chi connectivity index (χ1) is 15.0. The van der Waals surface area contributed by atoms with E-state index in [1.807, 2.05) is 41.7 Å². The molecule has 4 nitrogen and oxygen atoms in total. The minimum Gasteiger partial charge on any atom is -0.481 e. The van der Waals surface area contributed by atoms with E-state index >= 15 is 0 Å². The first kappa shape index (κ1) is 25.3. The predicted molar refractivity (Wildman–Crippen MR) is 131 cm³/mol. The van der Waals surface area contributed by atoms with Crippen molar-refractivity contribution in [3.8, 4) is 0 Å². The number of carboxylic acid groups (broad SMARTS) is 1. The number of aliphatic carboxylic acids is 1. The van der Waals surface area contributed by atoms with Crippen molar-refractivity contribution in [1.82, 2.24) is 0 Å². The van der Waals surface area contributed by atoms with Crippen molar-refractivity contribution in [2.75, 3.05) is 11.5 Å². The molecule has 176 valence electrons. The lowest BCUT2D eigenvalue weighted by molar-refractivity contribution is -0.139. The van der Waals surface area contributed by atoms with Crippen molar-refractivity contribution in [3.63, 3.8) is 0 Å². The molecule has 3 N–H and O–H groups in total. The quantitative estimate of drug-likeness (QED) is 0.484. The number of thioether (sulfide) groups is 2. The lowest BCUT2D eigenvalue weighted by Crippen LogP contribution is -2.37. The number of carbonyl (C=O) groups is 1. The Balaban J connectivity index is 1.98. The van der Waals surface area contributed by atoms with Gasteiger partial charge < -0.3 is 15.3 Å². The number of aryl methyl sites for hydroxylation is 1. The van der Waals surface area contributed by atoms with Gasteiger partial charge in [-0.15, -0.1) is 23.5 Å². The van der Waals surface area contributed by atoms with Crippen LogP contribution in [-0.2, 0) is 4.79 Å². The standard InChI is InChI=1S/C25H33FO4S2/c1-16-11-17(5-8-22(16)26)20-14-25(31-9-4-10-32-25)15-24(2,3)21(20)7-6-18(27)12-19(28)13-23(29)30/h5-8,11,18-19,27-28H,4,9-10,12-15H2,1-3H3,(H,29,30). The second-order valence-corrected chi connectivity index (χ2v) is 12.7. The third-order valence-corrected chi connectivity index (χ3v) is 9.47. The van der Waals surface area contributed by atoms with E-state index in [1.165, 1.54) is 18.1 Å². The van der Waals surface area contributed by atoms with Crippen molar-refractivity contribution >= 4 is 35.1 Å². The second kappa shape index (κ2) is 10.3. The van der Waals surface area contributed by atoms with E-state index < -0.39 is 24.6 Å². The summed E-state index contributed by atoms with van der Waals surface area (Å²) < 4.78 is 14.1. The Morgan fingerprint density at radius 1 is 1.25 bits per heavy atom. The van der Waals surface area contributed by atoms with Crippen molar-refractivity contribution in [2.24, 2.45) is 5.41 Å². The van der Waals surface area contributed by atoms with E-state index in [2.05, 4.69) is 13.8 Å². The summed E-state index contributed by atoms with van der Waals surface area (Å²) in [6, 6.07) is 5.26. The molecular formula is C25H33FO4S2. The molecule has 0 aromatic heterocycles. The van der Waals surface area contributed by atoms with E-state index in [0.29, 0.717) is 5.56 Å². The maximum atomic E-state index is 14.0. The smallest absolute Gasteiger partial charge is 0.305 e. The summed E-state index contributed by atoms with van der Waals surface area (Å²) in [6.45, 7) is 6.20. The largest absolute Gasteiger partial charge is 0.481 e. The molecule has 2 atom stereocenters. The predicted octanol–water partition coefficient (Wildman–Crippen LogP) is 5.42. The van der Waals surface area contributed by atoms with Gasteiger partial charge in [0.05, 0.1) is 22.7 Å². The molecule has 1 fully saturated rings. The highest BCUT2D eigenvalue weighted by molar-refractivity contribution is 8.18. The lowest BCUT2D eigenvalue weighted by atomic mass is 9.70. The number of aliphatic hydroxyl groups is 2. The molecule has 1 heterocycles. The van der Waals surface area contributed by atoms with Gasteiger partial charge in [-0.1, -0.05) is 32.1 Å². The molecule has 1 spiro atoms. The van der Waals surface area contributed by atoms with Gasteiger partial charge in [-0.3, -0.25) is 4.79 Å². The van der Waals surface area contributed by atoms with E-state index in [4.69, 9.17) is 5.11 Å². The number of aliphatic hydroxyl groups excluding tert-OH is 2. The normalized spacial score (nSPS) is 22.3. The molecule has 1 aromatic carbocycles. The number of halogens is 1. The van der Waals surface area contributed by atoms with Crippen molar-refractivity contribution < 1.29 is 24.5 Å². The monoisotopic (exact) mass is 480 g/mol. The molecule has 1 saturated heterocycles. The van der Waals surface area contributed by atoms with Gasteiger partial charge >= 0.3 is 5.97 Å². The summed E-state index contributed by atoms with van der Waals surface area (Å²) >= 11 is 4.06. The summed E-state index contributed by atoms with van der Waals surface area (Å²) in [5.41, 5.74) is 3.72. The van der Waals surface area contributed by atoms with Gasteiger partial charge in [0.25, 0.3) is 0 Å². The molecule has 0 radical (unpaired) electrons. The second-order valence-electron chi connectivity index (χ2n) is 9.47. The molecule has 3 rings (SSSR count). The summed E-state index contributed by atoms with van der Waals surface area (Å²) in [5, 5.41) is 29.1. The van der Waals surface area contributed by atoms with Crippen LogP contribution in [0.2, 0.25) is 0 Å². The minimum absolute atomic E-state index is 0.0306. The summed E-state index contributed by atoms with van der Waals surface area (Å²) in [4.78, 5) is 10.8. The average Bonchev–Trinajstić information content (AvgIpc) is 2.68. The molecule has 2 unspecified atom stereocenters. The number of hydrogen-bond donors (Lipinski definition) is 3. The highest BCUT2D eigenvalue weighted by Gasteiger charge is 2.45. The fourth-order valence-electron chi connectivity index (χ4n) is 4.69. The van der Waals surface area contributed by atoms with Crippen LogP contribution in [-0.4, -0.2) is 49.1 Å². The SMILES string of the molecule is Cc1cc(C2=C(C=CC(O)CC(O)CC(=O)O)C(C)(C)CC3(C2)SCCCS3)ccc1F. The Bertz CT molecular complexity index is 903. The number of allylic oxidation sites excluding steroid dienone is 3. The Hall–Kier alpha value is -1.28. The number of rotatable bonds is 7. The molecule has 0 saturated carbocycles. The third kappa shape index (κ3) is 6.19. The van der Waals surface area contributed by atoms with Gasteiger partial charge in [0.2, 0.25) is 0 Å². The molecule has 32 heavy (non-hydrogen) atoms. The van der Waals surface area contributed by atoms with Gasteiger partial charge in [-0.25, -0.2) is 4.39 Å². The van der Waals surface area contributed by atoms with E-state index in [0.717, 1.165) is 35.5 Å². The van der Waals surface area contributed by atoms with Crippen LogP contribution in [0, 0.1) is 18.2 Å². The van der Waals surface area contributed by atoms with Gasteiger partial charge in [0.15, 0.2) is 0 Å². The molecule has 0 amide bonds. The van der Waals surface area contributed by atoms with Gasteiger partial charge in [-0.2, -0.15) is 0 Å². The van der Waals surface area contributed by atoms with Crippen LogP contribution in [0.1, 0.15) is 57.1 Å². The van der Waals surface area contributed by atoms with E-state index in [1.54, 1.807) is 13.0 Å². The zero-order valence-corrected chi connectivity index (χ0v) is 20.6. The highest BCUT2D eigenvalue weighted by Crippen LogP contribution is 2.59. The van der Waals surface area contributed by atoms with Gasteiger partial charge in [0, 0.05) is 6.42 Å². The van der Waals surface area contributed by atoms with Crippen LogP contribution >= 0.6 is 23.5 Å². The fourth-order valence-corrected chi connectivity index (χ4v) is 8.45. The lowest BCUT2D eigenvalue weighted by Gasteiger charge is -2.48. The van der Waals surface area contributed by atoms with Gasteiger partial charge in [-0.05, 0) is 77.5 Å². The van der Waals surface area contributed by atoms with Crippen LogP contribution in [0.5, 0.6) is 0 Å². The topological polar surface area (TPSA) is 77.8 Å². The molecule has 0 bridgehead atoms. The zero-order valence-electron chi connectivity index (χ0n) is 18.9. The van der Waals surface area contributed by atoms with Crippen molar-refractivity contribution in [2.45, 2.75) is 69.2 Å². The zero-order chi connectivity index (χ0) is 23.5. The molecular weight excluding hydrogens is 447 g/mol. The Kier molecular flexibility index (Phi) is 8.18. The van der Waals surface area contributed by atoms with Crippen LogP contribution in [0.3, 0.4) is 0 Å². The molecule has 7 heteroatoms. The number of benzene rings is 1. The third-order valence-electron chi connectivity index (χ3n) is 6.15. The molecule has 1 aromatic rings. The highest BCUT2D eigenvalue weighted by atomic mass is 32.2. The maximum Gasteiger partial charge on any atom is 0.305 e. The Morgan fingerprint density at radius 3 is 2.56 bits per heavy atom. The molecule has 1 aliphatic carbocycles. The summed E-state index contributed by atoms with van der Waals surface area (Å²) in [7, 11) is 0. The summed E-state index contributed by atoms with van der Waals surface area (Å²) in [6.07, 6.45) is 4.19. The average molecular weight is 481 g/mol. The fraction of sp³-hybridized carbons (Fsp3) is 0.560. The van der Waals surface area contributed by atoms with E-state index in [9.17, 15) is 19.4 Å². The van der Waals surface area contributed by atoms with Crippen molar-refractivity contribution in [1.29, 1.82) is 0 Å². The first-order valence-corrected chi connectivity index (χ1v) is 13.0. The van der Waals surface area contributed by atoms with Crippen molar-refractivity contribution in [3.05, 3.63) is 52.9 Å². The minimum atomic E-state index is -1.10. The van der Waals surface area contributed by atoms with Crippen LogP contribution in [0.4, 0.5) is 4.39 Å². The van der Waals surface area contributed by atoms with Gasteiger partial charge in [0.1, 0.15) is 5.82 Å². The Morgan fingerprint density at radius 2 is 1.94 bits per heavy atom. The van der Waals surface area contributed by atoms with Crippen LogP contribution < -0.4 is 0 Å². The maximum absolute atomic E-state index is 14.0. The summed E-state index contributed by atoms with van der Waals surface area (Å²) in [5.74, 6) is 0.973. The first-order valence-electron chi connectivity index (χ1n) is 11.1. The van der Waals surface area contributed by atoms with E-state index in [-0.39, 0.29) is 21.7 Å². The molecule has 1 aliphatic heterocycles. The number of hydrogen-bond acceptors (Lipinski definition) is 5. The number of carboxylic acids is 1. The van der Waals surface area contributed by atoms with Crippen LogP contribution in [0.25, 0.3) is 5.57 Å². The van der Waals surface area contributed by atoms with Crippen LogP contribution in [0.15, 0.2) is 35.9 Å². The Labute approximate surface area is 198 Å². The molecule has 2 aliphatic rings.